The van der Waals surface area contributed by atoms with Gasteiger partial charge < -0.3 is 11.1 Å². The zero-order valence-corrected chi connectivity index (χ0v) is 13.2. The standard InChI is InChI=1S/C15H13Cl3N2O/c16-10-7-12(18)14(8-11(10)17)20-15(21)13(19)6-9-4-2-1-3-5-9/h1-5,7-8,13H,6,19H2,(H,20,21)/t13-/m1/s1. The molecule has 3 N–H and O–H groups in total. The zero-order valence-electron chi connectivity index (χ0n) is 10.9. The Kier molecular flexibility index (Phi) is 5.48. The average Bonchev–Trinajstić information content (AvgIpc) is 2.45. The van der Waals surface area contributed by atoms with Crippen molar-refractivity contribution < 1.29 is 4.79 Å². The third kappa shape index (κ3) is 4.35. The maximum atomic E-state index is 12.1. The zero-order chi connectivity index (χ0) is 15.4. The Morgan fingerprint density at radius 1 is 1.05 bits per heavy atom. The van der Waals surface area contributed by atoms with Gasteiger partial charge in [-0.05, 0) is 24.1 Å². The van der Waals surface area contributed by atoms with Gasteiger partial charge >= 0.3 is 0 Å². The molecule has 1 amide bonds. The van der Waals surface area contributed by atoms with Crippen LogP contribution in [0.1, 0.15) is 5.56 Å². The molecule has 0 aliphatic carbocycles. The molecule has 110 valence electrons. The minimum absolute atomic E-state index is 0.310. The summed E-state index contributed by atoms with van der Waals surface area (Å²) in [6.45, 7) is 0. The molecule has 2 aromatic rings. The van der Waals surface area contributed by atoms with Gasteiger partial charge in [-0.3, -0.25) is 4.79 Å². The lowest BCUT2D eigenvalue weighted by atomic mass is 10.1. The maximum Gasteiger partial charge on any atom is 0.241 e. The minimum atomic E-state index is -0.682. The van der Waals surface area contributed by atoms with Crippen molar-refractivity contribution in [3.8, 4) is 0 Å². The first kappa shape index (κ1) is 16.1. The van der Waals surface area contributed by atoms with Gasteiger partial charge in [-0.1, -0.05) is 65.1 Å². The molecule has 0 spiro atoms. The molecule has 1 atom stereocenters. The Bertz CT molecular complexity index is 647. The van der Waals surface area contributed by atoms with E-state index < -0.39 is 6.04 Å². The smallest absolute Gasteiger partial charge is 0.241 e. The summed E-state index contributed by atoms with van der Waals surface area (Å²) in [6.07, 6.45) is 0.436. The van der Waals surface area contributed by atoms with Crippen LogP contribution in [-0.2, 0) is 11.2 Å². The van der Waals surface area contributed by atoms with Gasteiger partial charge in [0, 0.05) is 0 Å². The quantitative estimate of drug-likeness (QED) is 0.819. The fourth-order valence-corrected chi connectivity index (χ4v) is 2.40. The van der Waals surface area contributed by atoms with Crippen molar-refractivity contribution in [1.29, 1.82) is 0 Å². The van der Waals surface area contributed by atoms with Gasteiger partial charge in [0.25, 0.3) is 0 Å². The lowest BCUT2D eigenvalue weighted by molar-refractivity contribution is -0.117. The van der Waals surface area contributed by atoms with Crippen LogP contribution in [0, 0.1) is 0 Å². The summed E-state index contributed by atoms with van der Waals surface area (Å²) >= 11 is 17.8. The van der Waals surface area contributed by atoms with E-state index >= 15 is 0 Å². The third-order valence-corrected chi connectivity index (χ3v) is 3.94. The lowest BCUT2D eigenvalue weighted by Crippen LogP contribution is -2.37. The Hall–Kier alpha value is -1.26. The molecule has 0 aliphatic rings. The highest BCUT2D eigenvalue weighted by molar-refractivity contribution is 6.44. The lowest BCUT2D eigenvalue weighted by Gasteiger charge is -2.14. The fourth-order valence-electron chi connectivity index (χ4n) is 1.80. The highest BCUT2D eigenvalue weighted by Gasteiger charge is 2.16. The number of hydrogen-bond donors (Lipinski definition) is 2. The van der Waals surface area contributed by atoms with Gasteiger partial charge in [-0.15, -0.1) is 0 Å². The molecule has 0 heterocycles. The van der Waals surface area contributed by atoms with E-state index in [4.69, 9.17) is 40.5 Å². The van der Waals surface area contributed by atoms with Crippen molar-refractivity contribution in [3.05, 3.63) is 63.1 Å². The molecule has 2 aromatic carbocycles. The summed E-state index contributed by atoms with van der Waals surface area (Å²) in [7, 11) is 0. The second-order valence-corrected chi connectivity index (χ2v) is 5.75. The Balaban J connectivity index is 2.06. The van der Waals surface area contributed by atoms with E-state index in [2.05, 4.69) is 5.32 Å². The van der Waals surface area contributed by atoms with Crippen LogP contribution in [-0.4, -0.2) is 11.9 Å². The summed E-state index contributed by atoms with van der Waals surface area (Å²) in [6, 6.07) is 11.8. The summed E-state index contributed by atoms with van der Waals surface area (Å²) in [5, 5.41) is 3.61. The number of halogens is 3. The molecule has 0 bridgehead atoms. The van der Waals surface area contributed by atoms with Crippen LogP contribution < -0.4 is 11.1 Å². The van der Waals surface area contributed by atoms with E-state index in [-0.39, 0.29) is 5.91 Å². The van der Waals surface area contributed by atoms with Crippen molar-refractivity contribution in [1.82, 2.24) is 0 Å². The molecule has 0 saturated heterocycles. The van der Waals surface area contributed by atoms with E-state index in [1.54, 1.807) is 0 Å². The number of hydrogen-bond acceptors (Lipinski definition) is 2. The molecule has 3 nitrogen and oxygen atoms in total. The Morgan fingerprint density at radius 3 is 2.33 bits per heavy atom. The number of carbonyl (C=O) groups excluding carboxylic acids is 1. The van der Waals surface area contributed by atoms with E-state index in [1.807, 2.05) is 30.3 Å². The number of amides is 1. The highest BCUT2D eigenvalue weighted by Crippen LogP contribution is 2.32. The molecule has 2 rings (SSSR count). The van der Waals surface area contributed by atoms with Crippen LogP contribution in [0.5, 0.6) is 0 Å². The van der Waals surface area contributed by atoms with Gasteiger partial charge in [-0.25, -0.2) is 0 Å². The second-order valence-electron chi connectivity index (χ2n) is 4.53. The van der Waals surface area contributed by atoms with Gasteiger partial charge in [0.05, 0.1) is 26.8 Å². The van der Waals surface area contributed by atoms with Crippen molar-refractivity contribution in [2.24, 2.45) is 5.73 Å². The van der Waals surface area contributed by atoms with Gasteiger partial charge in [-0.2, -0.15) is 0 Å². The van der Waals surface area contributed by atoms with Crippen LogP contribution in [0.4, 0.5) is 5.69 Å². The summed E-state index contributed by atoms with van der Waals surface area (Å²) < 4.78 is 0. The van der Waals surface area contributed by atoms with E-state index in [0.29, 0.717) is 27.2 Å². The van der Waals surface area contributed by atoms with Crippen LogP contribution in [0.2, 0.25) is 15.1 Å². The van der Waals surface area contributed by atoms with Crippen LogP contribution >= 0.6 is 34.8 Å². The largest absolute Gasteiger partial charge is 0.323 e. The number of nitrogens with one attached hydrogen (secondary N) is 1. The average molecular weight is 344 g/mol. The predicted molar refractivity (Wildman–Crippen MR) is 88.2 cm³/mol. The van der Waals surface area contributed by atoms with Crippen molar-refractivity contribution >= 4 is 46.4 Å². The minimum Gasteiger partial charge on any atom is -0.323 e. The van der Waals surface area contributed by atoms with Crippen molar-refractivity contribution in [2.45, 2.75) is 12.5 Å². The maximum absolute atomic E-state index is 12.1. The van der Waals surface area contributed by atoms with E-state index in [9.17, 15) is 4.79 Å². The topological polar surface area (TPSA) is 55.1 Å². The van der Waals surface area contributed by atoms with Crippen molar-refractivity contribution in [2.75, 3.05) is 5.32 Å². The van der Waals surface area contributed by atoms with Gasteiger partial charge in [0.15, 0.2) is 0 Å². The molecular weight excluding hydrogens is 331 g/mol. The number of anilines is 1. The third-order valence-electron chi connectivity index (χ3n) is 2.90. The summed E-state index contributed by atoms with van der Waals surface area (Å²) in [4.78, 5) is 12.1. The second kappa shape index (κ2) is 7.14. The number of carbonyl (C=O) groups is 1. The highest BCUT2D eigenvalue weighted by atomic mass is 35.5. The fraction of sp³-hybridized carbons (Fsp3) is 0.133. The first-order valence-electron chi connectivity index (χ1n) is 6.22. The van der Waals surface area contributed by atoms with E-state index in [1.165, 1.54) is 12.1 Å². The molecule has 0 saturated carbocycles. The summed E-state index contributed by atoms with van der Waals surface area (Å²) in [5.41, 5.74) is 7.28. The molecule has 0 fully saturated rings. The van der Waals surface area contributed by atoms with Crippen LogP contribution in [0.25, 0.3) is 0 Å². The molecule has 0 aromatic heterocycles. The normalized spacial score (nSPS) is 12.0. The molecule has 21 heavy (non-hydrogen) atoms. The van der Waals surface area contributed by atoms with Gasteiger partial charge in [0.2, 0.25) is 5.91 Å². The first-order chi connectivity index (χ1) is 9.97. The van der Waals surface area contributed by atoms with Crippen LogP contribution in [0.3, 0.4) is 0 Å². The first-order valence-corrected chi connectivity index (χ1v) is 7.35. The Morgan fingerprint density at radius 2 is 1.67 bits per heavy atom. The van der Waals surface area contributed by atoms with Gasteiger partial charge in [0.1, 0.15) is 0 Å². The molecule has 0 radical (unpaired) electrons. The summed E-state index contributed by atoms with van der Waals surface area (Å²) in [5.74, 6) is -0.334. The van der Waals surface area contributed by atoms with Crippen LogP contribution in [0.15, 0.2) is 42.5 Å². The SMILES string of the molecule is N[C@H](Cc1ccccc1)C(=O)Nc1cc(Cl)c(Cl)cc1Cl. The molecule has 0 unspecified atom stereocenters. The molecular formula is C15H13Cl3N2O. The Labute approximate surface area is 138 Å². The predicted octanol–water partition coefficient (Wildman–Crippen LogP) is 4.16. The molecule has 0 aliphatic heterocycles. The van der Waals surface area contributed by atoms with E-state index in [0.717, 1.165) is 5.56 Å². The monoisotopic (exact) mass is 342 g/mol. The molecule has 6 heteroatoms. The van der Waals surface area contributed by atoms with Crippen molar-refractivity contribution in [3.63, 3.8) is 0 Å². The number of rotatable bonds is 4. The number of benzene rings is 2. The number of nitrogens with two attached hydrogens (primary N) is 1.